The first kappa shape index (κ1) is 20.6. The molecular weight excluding hydrogens is 374 g/mol. The van der Waals surface area contributed by atoms with Crippen LogP contribution >= 0.6 is 11.3 Å². The van der Waals surface area contributed by atoms with Crippen LogP contribution in [0.2, 0.25) is 0 Å². The minimum Gasteiger partial charge on any atom is -0.472 e. The van der Waals surface area contributed by atoms with Crippen LogP contribution in [-0.2, 0) is 4.79 Å². The molecule has 1 saturated heterocycles. The van der Waals surface area contributed by atoms with E-state index in [1.54, 1.807) is 22.3 Å². The molecule has 1 aliphatic heterocycles. The van der Waals surface area contributed by atoms with E-state index in [0.717, 1.165) is 13.1 Å². The van der Waals surface area contributed by atoms with E-state index in [1.165, 1.54) is 18.1 Å². The van der Waals surface area contributed by atoms with Crippen molar-refractivity contribution in [2.75, 3.05) is 32.7 Å². The molecule has 0 spiro atoms. The Morgan fingerprint density at radius 2 is 2.04 bits per heavy atom. The Hall–Kier alpha value is -2.12. The molecule has 1 atom stereocenters. The molecule has 1 fully saturated rings. The molecule has 152 valence electrons. The summed E-state index contributed by atoms with van der Waals surface area (Å²) in [5.41, 5.74) is 1.83. The van der Waals surface area contributed by atoms with E-state index in [0.29, 0.717) is 38.0 Å². The van der Waals surface area contributed by atoms with Gasteiger partial charge in [0, 0.05) is 25.6 Å². The summed E-state index contributed by atoms with van der Waals surface area (Å²) >= 11 is 1.69. The molecule has 0 bridgehead atoms. The van der Waals surface area contributed by atoms with Gasteiger partial charge in [-0.25, -0.2) is 0 Å². The van der Waals surface area contributed by atoms with Gasteiger partial charge in [-0.3, -0.25) is 14.5 Å². The summed E-state index contributed by atoms with van der Waals surface area (Å²) < 4.78 is 4.99. The van der Waals surface area contributed by atoms with Gasteiger partial charge < -0.3 is 14.6 Å². The van der Waals surface area contributed by atoms with Crippen LogP contribution in [0.3, 0.4) is 0 Å². The van der Waals surface area contributed by atoms with Gasteiger partial charge in [-0.1, -0.05) is 13.8 Å². The number of hydrogen-bond acceptors (Lipinski definition) is 5. The van der Waals surface area contributed by atoms with Gasteiger partial charge in [0.25, 0.3) is 5.91 Å². The standard InChI is InChI=1S/C21H29N3O3S/c1-3-23(4-2)19(18-8-12-28-15-18)13-22-20(25)16-5-9-24(10-6-16)21(26)17-7-11-27-14-17/h7-8,11-12,14-16,19H,3-6,9-10,13H2,1-2H3,(H,22,25). The topological polar surface area (TPSA) is 65.8 Å². The zero-order valence-corrected chi connectivity index (χ0v) is 17.4. The number of carbonyl (C=O) groups excluding carboxylic acids is 2. The van der Waals surface area contributed by atoms with Gasteiger partial charge in [-0.15, -0.1) is 0 Å². The summed E-state index contributed by atoms with van der Waals surface area (Å²) in [6.07, 6.45) is 4.37. The maximum atomic E-state index is 12.7. The van der Waals surface area contributed by atoms with Gasteiger partial charge in [0.05, 0.1) is 17.9 Å². The quantitative estimate of drug-likeness (QED) is 0.734. The smallest absolute Gasteiger partial charge is 0.257 e. The third kappa shape index (κ3) is 4.83. The number of likely N-dealkylation sites (tertiary alicyclic amines) is 1. The zero-order chi connectivity index (χ0) is 19.9. The number of nitrogens with zero attached hydrogens (tertiary/aromatic N) is 2. The Balaban J connectivity index is 1.51. The number of piperidine rings is 1. The Morgan fingerprint density at radius 1 is 1.29 bits per heavy atom. The SMILES string of the molecule is CCN(CC)C(CNC(=O)C1CCN(C(=O)c2ccoc2)CC1)c1ccsc1. The van der Waals surface area contributed by atoms with E-state index < -0.39 is 0 Å². The Kier molecular flexibility index (Phi) is 7.28. The molecule has 0 aliphatic carbocycles. The van der Waals surface area contributed by atoms with Gasteiger partial charge in [-0.05, 0) is 54.4 Å². The largest absolute Gasteiger partial charge is 0.472 e. The molecule has 1 aliphatic rings. The maximum absolute atomic E-state index is 12.7. The molecular formula is C21H29N3O3S. The average molecular weight is 404 g/mol. The summed E-state index contributed by atoms with van der Waals surface area (Å²) in [6.45, 7) is 8.02. The van der Waals surface area contributed by atoms with Gasteiger partial charge in [0.15, 0.2) is 0 Å². The summed E-state index contributed by atoms with van der Waals surface area (Å²) in [4.78, 5) is 29.3. The van der Waals surface area contributed by atoms with Crippen molar-refractivity contribution in [3.05, 3.63) is 46.5 Å². The monoisotopic (exact) mass is 403 g/mol. The highest BCUT2D eigenvalue weighted by Gasteiger charge is 2.29. The molecule has 28 heavy (non-hydrogen) atoms. The summed E-state index contributed by atoms with van der Waals surface area (Å²) in [6, 6.07) is 4.02. The molecule has 3 rings (SSSR count). The predicted molar refractivity (Wildman–Crippen MR) is 110 cm³/mol. The minimum atomic E-state index is -0.0340. The van der Waals surface area contributed by atoms with Crippen LogP contribution in [0.25, 0.3) is 0 Å². The van der Waals surface area contributed by atoms with E-state index in [-0.39, 0.29) is 23.8 Å². The van der Waals surface area contributed by atoms with Crippen molar-refractivity contribution in [1.29, 1.82) is 0 Å². The molecule has 1 N–H and O–H groups in total. The van der Waals surface area contributed by atoms with Gasteiger partial charge in [0.1, 0.15) is 6.26 Å². The third-order valence-corrected chi connectivity index (χ3v) is 6.27. The van der Waals surface area contributed by atoms with Crippen molar-refractivity contribution in [1.82, 2.24) is 15.1 Å². The molecule has 6 nitrogen and oxygen atoms in total. The van der Waals surface area contributed by atoms with Crippen LogP contribution in [0.5, 0.6) is 0 Å². The molecule has 7 heteroatoms. The van der Waals surface area contributed by atoms with Crippen molar-refractivity contribution in [2.24, 2.45) is 5.92 Å². The number of thiophene rings is 1. The first-order chi connectivity index (χ1) is 13.6. The molecule has 3 heterocycles. The summed E-state index contributed by atoms with van der Waals surface area (Å²) in [5, 5.41) is 7.41. The Labute approximate surface area is 170 Å². The highest BCUT2D eigenvalue weighted by atomic mass is 32.1. The number of carbonyl (C=O) groups is 2. The fourth-order valence-electron chi connectivity index (χ4n) is 3.84. The lowest BCUT2D eigenvalue weighted by Gasteiger charge is -2.33. The second kappa shape index (κ2) is 9.89. The normalized spacial score (nSPS) is 16.3. The van der Waals surface area contributed by atoms with Crippen LogP contribution in [0, 0.1) is 5.92 Å². The van der Waals surface area contributed by atoms with E-state index in [1.807, 2.05) is 0 Å². The zero-order valence-electron chi connectivity index (χ0n) is 16.6. The van der Waals surface area contributed by atoms with Crippen LogP contribution in [0.15, 0.2) is 39.8 Å². The fourth-order valence-corrected chi connectivity index (χ4v) is 4.55. The molecule has 0 aromatic carbocycles. The van der Waals surface area contributed by atoms with Crippen LogP contribution < -0.4 is 5.32 Å². The first-order valence-corrected chi connectivity index (χ1v) is 10.9. The van der Waals surface area contributed by atoms with Crippen LogP contribution in [0.4, 0.5) is 0 Å². The van der Waals surface area contributed by atoms with Crippen LogP contribution in [-0.4, -0.2) is 54.3 Å². The molecule has 1 unspecified atom stereocenters. The van der Waals surface area contributed by atoms with Gasteiger partial charge >= 0.3 is 0 Å². The highest BCUT2D eigenvalue weighted by molar-refractivity contribution is 7.07. The molecule has 2 aromatic heterocycles. The van der Waals surface area contributed by atoms with Crippen molar-refractivity contribution in [3.8, 4) is 0 Å². The lowest BCUT2D eigenvalue weighted by atomic mass is 9.95. The lowest BCUT2D eigenvalue weighted by Crippen LogP contribution is -2.45. The van der Waals surface area contributed by atoms with Crippen molar-refractivity contribution >= 4 is 23.2 Å². The Bertz CT molecular complexity index is 733. The van der Waals surface area contributed by atoms with Crippen molar-refractivity contribution < 1.29 is 14.0 Å². The molecule has 2 amide bonds. The number of hydrogen-bond donors (Lipinski definition) is 1. The fraction of sp³-hybridized carbons (Fsp3) is 0.524. The number of amides is 2. The second-order valence-corrected chi connectivity index (χ2v) is 7.90. The number of likely N-dealkylation sites (N-methyl/N-ethyl adjacent to an activating group) is 1. The number of nitrogens with one attached hydrogen (secondary N) is 1. The van der Waals surface area contributed by atoms with E-state index in [4.69, 9.17) is 4.42 Å². The van der Waals surface area contributed by atoms with E-state index in [2.05, 4.69) is 40.9 Å². The van der Waals surface area contributed by atoms with Crippen molar-refractivity contribution in [2.45, 2.75) is 32.7 Å². The average Bonchev–Trinajstić information content (AvgIpc) is 3.44. The second-order valence-electron chi connectivity index (χ2n) is 7.12. The first-order valence-electron chi connectivity index (χ1n) is 9.99. The predicted octanol–water partition coefficient (Wildman–Crippen LogP) is 3.39. The van der Waals surface area contributed by atoms with Crippen molar-refractivity contribution in [3.63, 3.8) is 0 Å². The summed E-state index contributed by atoms with van der Waals surface area (Å²) in [5.74, 6) is 0.0442. The lowest BCUT2D eigenvalue weighted by molar-refractivity contribution is -0.126. The van der Waals surface area contributed by atoms with Gasteiger partial charge in [0.2, 0.25) is 5.91 Å². The highest BCUT2D eigenvalue weighted by Crippen LogP contribution is 2.23. The Morgan fingerprint density at radius 3 is 2.61 bits per heavy atom. The van der Waals surface area contributed by atoms with E-state index in [9.17, 15) is 9.59 Å². The minimum absolute atomic E-state index is 0.0216. The van der Waals surface area contributed by atoms with Gasteiger partial charge in [-0.2, -0.15) is 11.3 Å². The van der Waals surface area contributed by atoms with E-state index >= 15 is 0 Å². The number of furan rings is 1. The molecule has 0 radical (unpaired) electrons. The number of rotatable bonds is 8. The summed E-state index contributed by atoms with van der Waals surface area (Å²) in [7, 11) is 0. The maximum Gasteiger partial charge on any atom is 0.257 e. The molecule has 2 aromatic rings. The molecule has 0 saturated carbocycles. The van der Waals surface area contributed by atoms with Crippen LogP contribution in [0.1, 0.15) is 48.7 Å². The third-order valence-electron chi connectivity index (χ3n) is 5.57.